The van der Waals surface area contributed by atoms with E-state index in [-0.39, 0.29) is 0 Å². The third-order valence-corrected chi connectivity index (χ3v) is 2.93. The molecule has 0 aliphatic rings. The van der Waals surface area contributed by atoms with Gasteiger partial charge in [-0.15, -0.1) is 0 Å². The Bertz CT molecular complexity index is 666. The van der Waals surface area contributed by atoms with E-state index in [2.05, 4.69) is 24.2 Å². The maximum Gasteiger partial charge on any atom is 0.136 e. The molecule has 1 aromatic carbocycles. The Morgan fingerprint density at radius 3 is 2.56 bits per heavy atom. The van der Waals surface area contributed by atoms with Crippen LogP contribution in [-0.2, 0) is 0 Å². The Labute approximate surface area is 106 Å². The van der Waals surface area contributed by atoms with Crippen LogP contribution in [0.2, 0.25) is 0 Å². The van der Waals surface area contributed by atoms with Gasteiger partial charge in [-0.2, -0.15) is 5.10 Å². The summed E-state index contributed by atoms with van der Waals surface area (Å²) in [6.07, 6.45) is 1.69. The lowest BCUT2D eigenvalue weighted by Crippen LogP contribution is -2.00. The number of aromatic nitrogens is 2. The minimum Gasteiger partial charge on any atom is -0.464 e. The molecule has 0 aliphatic carbocycles. The number of para-hydroxylation sites is 1. The lowest BCUT2D eigenvalue weighted by Gasteiger charge is -2.09. The van der Waals surface area contributed by atoms with Crippen molar-refractivity contribution in [3.63, 3.8) is 0 Å². The molecule has 0 aliphatic heterocycles. The van der Waals surface area contributed by atoms with Crippen molar-refractivity contribution >= 4 is 0 Å². The van der Waals surface area contributed by atoms with Gasteiger partial charge in [0.25, 0.3) is 0 Å². The fourth-order valence-electron chi connectivity index (χ4n) is 2.17. The molecule has 0 saturated heterocycles. The Kier molecular flexibility index (Phi) is 2.52. The van der Waals surface area contributed by atoms with Gasteiger partial charge in [-0.1, -0.05) is 12.1 Å². The SMILES string of the molecule is Cc1cc(C)n(-c2ccccc2-c2ccco2)n1. The standard InChI is InChI=1S/C15H14N2O/c1-11-10-12(2)17(16-11)14-7-4-3-6-13(14)15-8-5-9-18-15/h3-10H,1-2H3. The van der Waals surface area contributed by atoms with Crippen molar-refractivity contribution in [3.8, 4) is 17.0 Å². The zero-order valence-corrected chi connectivity index (χ0v) is 10.4. The molecule has 3 heteroatoms. The van der Waals surface area contributed by atoms with Crippen LogP contribution in [0.3, 0.4) is 0 Å². The summed E-state index contributed by atoms with van der Waals surface area (Å²) in [5.74, 6) is 0.859. The first-order valence-corrected chi connectivity index (χ1v) is 5.92. The fraction of sp³-hybridized carbons (Fsp3) is 0.133. The first-order valence-electron chi connectivity index (χ1n) is 5.92. The molecule has 18 heavy (non-hydrogen) atoms. The summed E-state index contributed by atoms with van der Waals surface area (Å²) in [7, 11) is 0. The molecule has 0 bridgehead atoms. The topological polar surface area (TPSA) is 31.0 Å². The van der Waals surface area contributed by atoms with Crippen molar-refractivity contribution in [2.45, 2.75) is 13.8 Å². The monoisotopic (exact) mass is 238 g/mol. The molecule has 0 saturated carbocycles. The largest absolute Gasteiger partial charge is 0.464 e. The predicted molar refractivity (Wildman–Crippen MR) is 70.7 cm³/mol. The zero-order chi connectivity index (χ0) is 12.5. The normalized spacial score (nSPS) is 10.8. The van der Waals surface area contributed by atoms with E-state index in [1.165, 1.54) is 0 Å². The predicted octanol–water partition coefficient (Wildman–Crippen LogP) is 3.75. The van der Waals surface area contributed by atoms with E-state index < -0.39 is 0 Å². The number of aryl methyl sites for hydroxylation is 2. The molecule has 0 atom stereocenters. The molecule has 2 heterocycles. The van der Waals surface area contributed by atoms with E-state index >= 15 is 0 Å². The zero-order valence-electron chi connectivity index (χ0n) is 10.4. The van der Waals surface area contributed by atoms with Crippen LogP contribution in [0.1, 0.15) is 11.4 Å². The van der Waals surface area contributed by atoms with E-state index in [0.29, 0.717) is 0 Å². The number of hydrogen-bond donors (Lipinski definition) is 0. The summed E-state index contributed by atoms with van der Waals surface area (Å²) >= 11 is 0. The van der Waals surface area contributed by atoms with Gasteiger partial charge in [0.2, 0.25) is 0 Å². The second-order valence-corrected chi connectivity index (χ2v) is 4.33. The Morgan fingerprint density at radius 1 is 1.06 bits per heavy atom. The van der Waals surface area contributed by atoms with Crippen molar-refractivity contribution in [2.24, 2.45) is 0 Å². The van der Waals surface area contributed by atoms with Crippen LogP contribution in [-0.4, -0.2) is 9.78 Å². The first kappa shape index (κ1) is 10.8. The van der Waals surface area contributed by atoms with Gasteiger partial charge >= 0.3 is 0 Å². The third-order valence-electron chi connectivity index (χ3n) is 2.93. The van der Waals surface area contributed by atoms with Gasteiger partial charge in [-0.25, -0.2) is 4.68 Å². The van der Waals surface area contributed by atoms with Gasteiger partial charge in [-0.3, -0.25) is 0 Å². The lowest BCUT2D eigenvalue weighted by atomic mass is 10.1. The van der Waals surface area contributed by atoms with E-state index in [4.69, 9.17) is 4.42 Å². The quantitative estimate of drug-likeness (QED) is 0.680. The fourth-order valence-corrected chi connectivity index (χ4v) is 2.17. The first-order chi connectivity index (χ1) is 8.75. The second kappa shape index (κ2) is 4.18. The van der Waals surface area contributed by atoms with Gasteiger partial charge < -0.3 is 4.42 Å². The molecule has 3 rings (SSSR count). The molecule has 3 nitrogen and oxygen atoms in total. The van der Waals surface area contributed by atoms with Crippen molar-refractivity contribution in [1.29, 1.82) is 0 Å². The number of nitrogens with zero attached hydrogens (tertiary/aromatic N) is 2. The van der Waals surface area contributed by atoms with Gasteiger partial charge in [0.15, 0.2) is 0 Å². The van der Waals surface area contributed by atoms with E-state index in [9.17, 15) is 0 Å². The van der Waals surface area contributed by atoms with Crippen LogP contribution in [0.15, 0.2) is 53.1 Å². The summed E-state index contributed by atoms with van der Waals surface area (Å²) < 4.78 is 7.44. The molecular formula is C15H14N2O. The summed E-state index contributed by atoms with van der Waals surface area (Å²) in [4.78, 5) is 0. The van der Waals surface area contributed by atoms with Crippen molar-refractivity contribution in [1.82, 2.24) is 9.78 Å². The minimum absolute atomic E-state index is 0.859. The highest BCUT2D eigenvalue weighted by molar-refractivity contribution is 5.68. The second-order valence-electron chi connectivity index (χ2n) is 4.33. The summed E-state index contributed by atoms with van der Waals surface area (Å²) in [6, 6.07) is 14.0. The van der Waals surface area contributed by atoms with Crippen LogP contribution in [0.4, 0.5) is 0 Å². The molecule has 0 fully saturated rings. The molecule has 0 radical (unpaired) electrons. The molecule has 90 valence electrons. The highest BCUT2D eigenvalue weighted by atomic mass is 16.3. The van der Waals surface area contributed by atoms with Crippen molar-refractivity contribution in [2.75, 3.05) is 0 Å². The minimum atomic E-state index is 0.859. The van der Waals surface area contributed by atoms with E-state index in [0.717, 1.165) is 28.4 Å². The summed E-state index contributed by atoms with van der Waals surface area (Å²) in [5, 5.41) is 4.53. The third kappa shape index (κ3) is 1.74. The van der Waals surface area contributed by atoms with E-state index in [1.807, 2.05) is 41.9 Å². The van der Waals surface area contributed by atoms with Gasteiger partial charge in [0.05, 0.1) is 17.6 Å². The van der Waals surface area contributed by atoms with Crippen LogP contribution in [0.25, 0.3) is 17.0 Å². The number of rotatable bonds is 2. The molecule has 0 amide bonds. The molecule has 2 aromatic heterocycles. The smallest absolute Gasteiger partial charge is 0.136 e. The van der Waals surface area contributed by atoms with Crippen molar-refractivity contribution < 1.29 is 4.42 Å². The molecular weight excluding hydrogens is 224 g/mol. The highest BCUT2D eigenvalue weighted by Gasteiger charge is 2.11. The Balaban J connectivity index is 2.21. The van der Waals surface area contributed by atoms with Crippen LogP contribution < -0.4 is 0 Å². The van der Waals surface area contributed by atoms with Gasteiger partial charge in [-0.05, 0) is 44.2 Å². The Hall–Kier alpha value is -2.29. The van der Waals surface area contributed by atoms with Crippen molar-refractivity contribution in [3.05, 3.63) is 60.1 Å². The highest BCUT2D eigenvalue weighted by Crippen LogP contribution is 2.27. The van der Waals surface area contributed by atoms with E-state index in [1.54, 1.807) is 6.26 Å². The van der Waals surface area contributed by atoms with Gasteiger partial charge in [0.1, 0.15) is 5.76 Å². The van der Waals surface area contributed by atoms with Crippen LogP contribution in [0.5, 0.6) is 0 Å². The molecule has 0 N–H and O–H groups in total. The van der Waals surface area contributed by atoms with Crippen LogP contribution in [0, 0.1) is 13.8 Å². The molecule has 0 unspecified atom stereocenters. The summed E-state index contributed by atoms with van der Waals surface area (Å²) in [5.41, 5.74) is 4.22. The number of furan rings is 1. The number of benzene rings is 1. The summed E-state index contributed by atoms with van der Waals surface area (Å²) in [6.45, 7) is 4.05. The molecule has 0 spiro atoms. The maximum absolute atomic E-state index is 5.49. The lowest BCUT2D eigenvalue weighted by molar-refractivity contribution is 0.581. The average Bonchev–Trinajstić information content (AvgIpc) is 2.99. The maximum atomic E-state index is 5.49. The van der Waals surface area contributed by atoms with Crippen LogP contribution >= 0.6 is 0 Å². The van der Waals surface area contributed by atoms with Gasteiger partial charge in [0, 0.05) is 11.3 Å². The number of hydrogen-bond acceptors (Lipinski definition) is 2. The Morgan fingerprint density at radius 2 is 1.89 bits per heavy atom. The molecule has 3 aromatic rings. The average molecular weight is 238 g/mol.